The number of benzene rings is 1. The zero-order valence-electron chi connectivity index (χ0n) is 16.0. The first-order valence-corrected chi connectivity index (χ1v) is 9.05. The SMILES string of the molecule is COC(=O)C1(C)CCC(Cc2ccc(OC(F)(F)F)cc2)C1(O)Cn1cncn1. The molecule has 1 fully saturated rings. The molecule has 0 radical (unpaired) electrons. The molecule has 0 spiro atoms. The fourth-order valence-corrected chi connectivity index (χ4v) is 4.12. The molecule has 2 aromatic rings. The molecule has 0 amide bonds. The lowest BCUT2D eigenvalue weighted by Gasteiger charge is -2.40. The third-order valence-electron chi connectivity index (χ3n) is 5.77. The van der Waals surface area contributed by atoms with Crippen molar-refractivity contribution in [3.8, 4) is 5.75 Å². The molecular weight excluding hydrogens is 391 g/mol. The molecule has 158 valence electrons. The molecule has 1 saturated carbocycles. The molecule has 3 atom stereocenters. The summed E-state index contributed by atoms with van der Waals surface area (Å²) in [5, 5.41) is 15.7. The molecule has 1 N–H and O–H groups in total. The van der Waals surface area contributed by atoms with Crippen LogP contribution in [0.25, 0.3) is 0 Å². The van der Waals surface area contributed by atoms with Gasteiger partial charge in [0.05, 0.1) is 19.1 Å². The largest absolute Gasteiger partial charge is 0.573 e. The van der Waals surface area contributed by atoms with Crippen molar-refractivity contribution in [2.75, 3.05) is 7.11 Å². The first kappa shape index (κ1) is 21.1. The summed E-state index contributed by atoms with van der Waals surface area (Å²) in [5.41, 5.74) is -1.91. The van der Waals surface area contributed by atoms with E-state index in [2.05, 4.69) is 14.8 Å². The number of methoxy groups -OCH3 is 1. The molecule has 1 aromatic heterocycles. The number of carbonyl (C=O) groups excluding carboxylic acids is 1. The van der Waals surface area contributed by atoms with Crippen LogP contribution in [-0.4, -0.2) is 44.9 Å². The first-order chi connectivity index (χ1) is 13.6. The van der Waals surface area contributed by atoms with Crippen LogP contribution in [-0.2, 0) is 22.5 Å². The van der Waals surface area contributed by atoms with Crippen LogP contribution >= 0.6 is 0 Å². The van der Waals surface area contributed by atoms with Crippen molar-refractivity contribution in [3.63, 3.8) is 0 Å². The molecule has 1 heterocycles. The van der Waals surface area contributed by atoms with Crippen LogP contribution < -0.4 is 4.74 Å². The lowest BCUT2D eigenvalue weighted by atomic mass is 9.71. The molecule has 29 heavy (non-hydrogen) atoms. The lowest BCUT2D eigenvalue weighted by Crippen LogP contribution is -2.54. The first-order valence-electron chi connectivity index (χ1n) is 9.05. The zero-order chi connectivity index (χ0) is 21.3. The highest BCUT2D eigenvalue weighted by Crippen LogP contribution is 2.52. The molecular formula is C19H22F3N3O4. The molecule has 10 heteroatoms. The zero-order valence-corrected chi connectivity index (χ0v) is 16.0. The minimum Gasteiger partial charge on any atom is -0.469 e. The fraction of sp³-hybridized carbons (Fsp3) is 0.526. The standard InChI is InChI=1S/C19H22F3N3O4/c1-17(16(26)28-2)8-7-14(18(17,27)10-25-12-23-11-24-25)9-13-3-5-15(6-4-13)29-19(20,21)22/h3-6,11-12,14,27H,7-10H2,1-2H3. The van der Waals surface area contributed by atoms with Gasteiger partial charge in [0.15, 0.2) is 0 Å². The van der Waals surface area contributed by atoms with Crippen LogP contribution in [0.15, 0.2) is 36.9 Å². The minimum absolute atomic E-state index is 0.0402. The van der Waals surface area contributed by atoms with Crippen molar-refractivity contribution in [2.24, 2.45) is 11.3 Å². The summed E-state index contributed by atoms with van der Waals surface area (Å²) in [5.74, 6) is -1.17. The Morgan fingerprint density at radius 1 is 1.34 bits per heavy atom. The van der Waals surface area contributed by atoms with Gasteiger partial charge in [0.25, 0.3) is 0 Å². The molecule has 0 saturated heterocycles. The summed E-state index contributed by atoms with van der Waals surface area (Å²) in [7, 11) is 1.27. The van der Waals surface area contributed by atoms with E-state index in [9.17, 15) is 23.1 Å². The Labute approximate surface area is 165 Å². The molecule has 0 aliphatic heterocycles. The van der Waals surface area contributed by atoms with Crippen molar-refractivity contribution in [2.45, 2.75) is 44.7 Å². The highest BCUT2D eigenvalue weighted by Gasteiger charge is 2.61. The number of nitrogens with zero attached hydrogens (tertiary/aromatic N) is 3. The maximum absolute atomic E-state index is 12.5. The number of ether oxygens (including phenoxy) is 2. The van der Waals surface area contributed by atoms with E-state index in [0.29, 0.717) is 19.3 Å². The number of hydrogen-bond acceptors (Lipinski definition) is 6. The summed E-state index contributed by atoms with van der Waals surface area (Å²) < 4.78 is 47.3. The quantitative estimate of drug-likeness (QED) is 0.733. The highest BCUT2D eigenvalue weighted by molar-refractivity contribution is 5.78. The van der Waals surface area contributed by atoms with Gasteiger partial charge < -0.3 is 14.6 Å². The smallest absolute Gasteiger partial charge is 0.469 e. The van der Waals surface area contributed by atoms with E-state index in [1.54, 1.807) is 6.92 Å². The monoisotopic (exact) mass is 413 g/mol. The summed E-state index contributed by atoms with van der Waals surface area (Å²) in [6.07, 6.45) is -0.656. The summed E-state index contributed by atoms with van der Waals surface area (Å²) >= 11 is 0. The Morgan fingerprint density at radius 2 is 2.03 bits per heavy atom. The Balaban J connectivity index is 1.84. The predicted molar refractivity (Wildman–Crippen MR) is 94.6 cm³/mol. The van der Waals surface area contributed by atoms with Crippen LogP contribution in [0, 0.1) is 11.3 Å². The number of aliphatic hydroxyl groups is 1. The van der Waals surface area contributed by atoms with Gasteiger partial charge in [0.2, 0.25) is 0 Å². The number of esters is 1. The van der Waals surface area contributed by atoms with Gasteiger partial charge >= 0.3 is 12.3 Å². The van der Waals surface area contributed by atoms with Crippen molar-refractivity contribution in [1.29, 1.82) is 0 Å². The number of rotatable bonds is 6. The number of hydrogen-bond donors (Lipinski definition) is 1. The highest BCUT2D eigenvalue weighted by atomic mass is 19.4. The number of aromatic nitrogens is 3. The Bertz CT molecular complexity index is 841. The molecule has 1 aromatic carbocycles. The number of alkyl halides is 3. The summed E-state index contributed by atoms with van der Waals surface area (Å²) in [6.45, 7) is 1.70. The number of halogens is 3. The van der Waals surface area contributed by atoms with E-state index in [4.69, 9.17) is 4.74 Å². The summed E-state index contributed by atoms with van der Waals surface area (Å²) in [4.78, 5) is 16.4. The van der Waals surface area contributed by atoms with E-state index >= 15 is 0 Å². The van der Waals surface area contributed by atoms with Crippen LogP contribution in [0.3, 0.4) is 0 Å². The van der Waals surface area contributed by atoms with E-state index in [1.807, 2.05) is 0 Å². The van der Waals surface area contributed by atoms with E-state index in [0.717, 1.165) is 5.56 Å². The maximum atomic E-state index is 12.5. The van der Waals surface area contributed by atoms with Crippen LogP contribution in [0.4, 0.5) is 13.2 Å². The third kappa shape index (κ3) is 4.21. The van der Waals surface area contributed by atoms with Crippen LogP contribution in [0.1, 0.15) is 25.3 Å². The second-order valence-electron chi connectivity index (χ2n) is 7.47. The van der Waals surface area contributed by atoms with Crippen LogP contribution in [0.5, 0.6) is 5.75 Å². The van der Waals surface area contributed by atoms with Gasteiger partial charge in [-0.2, -0.15) is 5.10 Å². The van der Waals surface area contributed by atoms with Gasteiger partial charge in [0.1, 0.15) is 24.0 Å². The van der Waals surface area contributed by atoms with E-state index in [-0.39, 0.29) is 18.2 Å². The Kier molecular flexibility index (Phi) is 5.57. The Morgan fingerprint density at radius 3 is 2.59 bits per heavy atom. The van der Waals surface area contributed by atoms with E-state index < -0.39 is 23.3 Å². The molecule has 3 unspecified atom stereocenters. The van der Waals surface area contributed by atoms with Gasteiger partial charge in [0, 0.05) is 0 Å². The van der Waals surface area contributed by atoms with Crippen molar-refractivity contribution < 1.29 is 32.5 Å². The predicted octanol–water partition coefficient (Wildman–Crippen LogP) is 2.74. The molecule has 0 bridgehead atoms. The van der Waals surface area contributed by atoms with Gasteiger partial charge in [-0.25, -0.2) is 4.98 Å². The van der Waals surface area contributed by atoms with Crippen molar-refractivity contribution >= 4 is 5.97 Å². The van der Waals surface area contributed by atoms with Gasteiger partial charge in [-0.15, -0.1) is 13.2 Å². The second kappa shape index (κ2) is 7.66. The fourth-order valence-electron chi connectivity index (χ4n) is 4.12. The lowest BCUT2D eigenvalue weighted by molar-refractivity contribution is -0.274. The molecule has 3 rings (SSSR count). The number of carbonyl (C=O) groups is 1. The van der Waals surface area contributed by atoms with Crippen molar-refractivity contribution in [1.82, 2.24) is 14.8 Å². The molecule has 1 aliphatic rings. The second-order valence-corrected chi connectivity index (χ2v) is 7.47. The van der Waals surface area contributed by atoms with E-state index in [1.165, 1.54) is 48.7 Å². The Hall–Kier alpha value is -2.62. The normalized spacial score (nSPS) is 27.0. The average Bonchev–Trinajstić information content (AvgIpc) is 3.24. The summed E-state index contributed by atoms with van der Waals surface area (Å²) in [6, 6.07) is 5.50. The minimum atomic E-state index is -4.76. The molecule has 1 aliphatic carbocycles. The van der Waals surface area contributed by atoms with Gasteiger partial charge in [-0.3, -0.25) is 9.48 Å². The topological polar surface area (TPSA) is 86.5 Å². The van der Waals surface area contributed by atoms with Crippen LogP contribution in [0.2, 0.25) is 0 Å². The third-order valence-corrected chi connectivity index (χ3v) is 5.77. The van der Waals surface area contributed by atoms with Gasteiger partial charge in [-0.1, -0.05) is 12.1 Å². The van der Waals surface area contributed by atoms with Crippen molar-refractivity contribution in [3.05, 3.63) is 42.5 Å². The average molecular weight is 413 g/mol. The molecule has 7 nitrogen and oxygen atoms in total. The maximum Gasteiger partial charge on any atom is 0.573 e. The van der Waals surface area contributed by atoms with Gasteiger partial charge in [-0.05, 0) is 49.8 Å².